The average Bonchev–Trinajstić information content (AvgIpc) is 2.09. The fraction of sp³-hybridized carbons (Fsp3) is 0.143. The number of nitrogens with two attached hydrogens (primary N) is 1. The largest absolute Gasteiger partial charge is 0.257 e. The number of halogens is 1. The van der Waals surface area contributed by atoms with Crippen LogP contribution in [0.1, 0.15) is 5.56 Å². The van der Waals surface area contributed by atoms with Gasteiger partial charge in [0.25, 0.3) is 10.0 Å². The summed E-state index contributed by atoms with van der Waals surface area (Å²) in [4.78, 5) is 1.43. The first-order valence-corrected chi connectivity index (χ1v) is 4.94. The Balaban J connectivity index is 3.27. The maximum Gasteiger partial charge on any atom is 0.253 e. The Morgan fingerprint density at radius 2 is 2.08 bits per heavy atom. The fourth-order valence-corrected chi connectivity index (χ4v) is 1.45. The second kappa shape index (κ2) is 3.41. The third-order valence-electron chi connectivity index (χ3n) is 1.61. The quantitative estimate of drug-likeness (QED) is 0.537. The van der Waals surface area contributed by atoms with Gasteiger partial charge >= 0.3 is 0 Å². The SMILES string of the molecule is Cc1ccc(S(=O)(=O)NN)cc1F. The van der Waals surface area contributed by atoms with Gasteiger partial charge in [0.2, 0.25) is 0 Å². The molecule has 0 saturated carbocycles. The molecule has 0 saturated heterocycles. The number of aryl methyl sites for hydroxylation is 1. The minimum Gasteiger partial charge on any atom is -0.257 e. The molecule has 1 rings (SSSR count). The van der Waals surface area contributed by atoms with Gasteiger partial charge in [-0.3, -0.25) is 5.84 Å². The summed E-state index contributed by atoms with van der Waals surface area (Å²) >= 11 is 0. The van der Waals surface area contributed by atoms with Crippen LogP contribution >= 0.6 is 0 Å². The van der Waals surface area contributed by atoms with Crippen molar-refractivity contribution in [3.63, 3.8) is 0 Å². The van der Waals surface area contributed by atoms with E-state index in [4.69, 9.17) is 5.84 Å². The molecule has 0 heterocycles. The van der Waals surface area contributed by atoms with Crippen molar-refractivity contribution in [2.45, 2.75) is 11.8 Å². The first-order valence-electron chi connectivity index (χ1n) is 3.46. The maximum atomic E-state index is 12.9. The standard InChI is InChI=1S/C7H9FN2O2S/c1-5-2-3-6(4-7(5)8)13(11,12)10-9/h2-4,10H,9H2,1H3. The molecule has 6 heteroatoms. The van der Waals surface area contributed by atoms with Crippen molar-refractivity contribution in [3.8, 4) is 0 Å². The molecule has 0 aliphatic rings. The van der Waals surface area contributed by atoms with Crippen LogP contribution in [0.25, 0.3) is 0 Å². The third-order valence-corrected chi connectivity index (χ3v) is 2.79. The minimum absolute atomic E-state index is 0.182. The van der Waals surface area contributed by atoms with E-state index in [0.717, 1.165) is 6.07 Å². The van der Waals surface area contributed by atoms with Crippen LogP contribution in [-0.4, -0.2) is 8.42 Å². The van der Waals surface area contributed by atoms with Gasteiger partial charge < -0.3 is 0 Å². The molecule has 0 unspecified atom stereocenters. The Labute approximate surface area is 75.6 Å². The number of nitrogens with one attached hydrogen (secondary N) is 1. The molecule has 0 radical (unpaired) electrons. The van der Waals surface area contributed by atoms with Gasteiger partial charge in [-0.1, -0.05) is 6.07 Å². The van der Waals surface area contributed by atoms with Crippen LogP contribution in [0.2, 0.25) is 0 Å². The van der Waals surface area contributed by atoms with E-state index in [2.05, 4.69) is 0 Å². The summed E-state index contributed by atoms with van der Waals surface area (Å²) in [5.41, 5.74) is 0.385. The second-order valence-corrected chi connectivity index (χ2v) is 4.25. The van der Waals surface area contributed by atoms with Crippen LogP contribution in [-0.2, 0) is 10.0 Å². The van der Waals surface area contributed by atoms with E-state index in [1.54, 1.807) is 11.8 Å². The zero-order valence-corrected chi connectivity index (χ0v) is 7.73. The van der Waals surface area contributed by atoms with Crippen molar-refractivity contribution in [2.75, 3.05) is 0 Å². The normalized spacial score (nSPS) is 11.6. The lowest BCUT2D eigenvalue weighted by Crippen LogP contribution is -2.30. The van der Waals surface area contributed by atoms with Crippen LogP contribution in [0.3, 0.4) is 0 Å². The van der Waals surface area contributed by atoms with E-state index in [1.165, 1.54) is 12.1 Å². The van der Waals surface area contributed by atoms with Crippen molar-refractivity contribution in [2.24, 2.45) is 5.84 Å². The Kier molecular flexibility index (Phi) is 2.65. The van der Waals surface area contributed by atoms with E-state index in [-0.39, 0.29) is 4.90 Å². The third kappa shape index (κ3) is 2.03. The molecule has 0 bridgehead atoms. The Morgan fingerprint density at radius 3 is 2.54 bits per heavy atom. The van der Waals surface area contributed by atoms with Crippen LogP contribution in [0, 0.1) is 12.7 Å². The van der Waals surface area contributed by atoms with Gasteiger partial charge in [0.05, 0.1) is 4.90 Å². The van der Waals surface area contributed by atoms with Crippen LogP contribution in [0.15, 0.2) is 23.1 Å². The predicted molar refractivity (Wildman–Crippen MR) is 45.6 cm³/mol. The van der Waals surface area contributed by atoms with Gasteiger partial charge in [-0.05, 0) is 24.6 Å². The van der Waals surface area contributed by atoms with Crippen molar-refractivity contribution < 1.29 is 12.8 Å². The van der Waals surface area contributed by atoms with Crippen molar-refractivity contribution in [1.82, 2.24) is 4.83 Å². The zero-order valence-electron chi connectivity index (χ0n) is 6.91. The zero-order chi connectivity index (χ0) is 10.1. The van der Waals surface area contributed by atoms with Crippen LogP contribution < -0.4 is 10.7 Å². The Morgan fingerprint density at radius 1 is 1.46 bits per heavy atom. The molecule has 0 aromatic heterocycles. The van der Waals surface area contributed by atoms with Gasteiger partial charge in [-0.25, -0.2) is 12.8 Å². The first kappa shape index (κ1) is 10.1. The van der Waals surface area contributed by atoms with E-state index in [0.29, 0.717) is 5.56 Å². The second-order valence-electron chi connectivity index (χ2n) is 2.53. The minimum atomic E-state index is -3.75. The molecule has 13 heavy (non-hydrogen) atoms. The molecule has 0 aliphatic carbocycles. The number of benzene rings is 1. The van der Waals surface area contributed by atoms with E-state index in [1.807, 2.05) is 0 Å². The summed E-state index contributed by atoms with van der Waals surface area (Å²) in [5, 5.41) is 0. The Bertz CT molecular complexity index is 417. The highest BCUT2D eigenvalue weighted by Crippen LogP contribution is 2.12. The predicted octanol–water partition coefficient (Wildman–Crippen LogP) is 0.286. The van der Waals surface area contributed by atoms with Gasteiger partial charge in [0, 0.05) is 0 Å². The fourth-order valence-electron chi connectivity index (χ4n) is 0.809. The number of hydrogen-bond donors (Lipinski definition) is 2. The molecular weight excluding hydrogens is 195 g/mol. The molecule has 0 aliphatic heterocycles. The van der Waals surface area contributed by atoms with E-state index in [9.17, 15) is 12.8 Å². The van der Waals surface area contributed by atoms with E-state index < -0.39 is 15.8 Å². The van der Waals surface area contributed by atoms with Crippen molar-refractivity contribution in [3.05, 3.63) is 29.6 Å². The molecule has 4 nitrogen and oxygen atoms in total. The summed E-state index contributed by atoms with van der Waals surface area (Å²) in [6, 6.07) is 3.58. The molecule has 0 amide bonds. The molecule has 0 atom stereocenters. The highest BCUT2D eigenvalue weighted by atomic mass is 32.2. The first-order chi connectivity index (χ1) is 5.97. The molecule has 3 N–H and O–H groups in total. The summed E-state index contributed by atoms with van der Waals surface area (Å²) in [6.45, 7) is 1.54. The van der Waals surface area contributed by atoms with Crippen molar-refractivity contribution in [1.29, 1.82) is 0 Å². The summed E-state index contributed by atoms with van der Waals surface area (Å²) in [6.07, 6.45) is 0. The van der Waals surface area contributed by atoms with E-state index >= 15 is 0 Å². The number of hydrazine groups is 1. The Hall–Kier alpha value is -0.980. The van der Waals surface area contributed by atoms with Gasteiger partial charge in [0.15, 0.2) is 0 Å². The summed E-state index contributed by atoms with van der Waals surface area (Å²) < 4.78 is 35.0. The van der Waals surface area contributed by atoms with Crippen LogP contribution in [0.4, 0.5) is 4.39 Å². The summed E-state index contributed by atoms with van der Waals surface area (Å²) in [7, 11) is -3.75. The van der Waals surface area contributed by atoms with Crippen LogP contribution in [0.5, 0.6) is 0 Å². The average molecular weight is 204 g/mol. The monoisotopic (exact) mass is 204 g/mol. The maximum absolute atomic E-state index is 12.9. The molecule has 0 fully saturated rings. The highest BCUT2D eigenvalue weighted by molar-refractivity contribution is 7.89. The summed E-state index contributed by atoms with van der Waals surface area (Å²) in [5.74, 6) is 4.19. The smallest absolute Gasteiger partial charge is 0.253 e. The lowest BCUT2D eigenvalue weighted by atomic mass is 10.2. The van der Waals surface area contributed by atoms with Gasteiger partial charge in [0.1, 0.15) is 5.82 Å². The highest BCUT2D eigenvalue weighted by Gasteiger charge is 2.12. The van der Waals surface area contributed by atoms with Crippen molar-refractivity contribution >= 4 is 10.0 Å². The molecular formula is C7H9FN2O2S. The number of hydrogen-bond acceptors (Lipinski definition) is 3. The topological polar surface area (TPSA) is 72.2 Å². The molecule has 1 aromatic carbocycles. The number of sulfonamides is 1. The lowest BCUT2D eigenvalue weighted by molar-refractivity contribution is 0.579. The van der Waals surface area contributed by atoms with Gasteiger partial charge in [-0.2, -0.15) is 4.83 Å². The molecule has 72 valence electrons. The molecule has 1 aromatic rings. The molecule has 0 spiro atoms. The van der Waals surface area contributed by atoms with Gasteiger partial charge in [-0.15, -0.1) is 0 Å². The number of rotatable bonds is 2. The lowest BCUT2D eigenvalue weighted by Gasteiger charge is -2.02.